The van der Waals surface area contributed by atoms with E-state index in [9.17, 15) is 8.42 Å². The van der Waals surface area contributed by atoms with E-state index < -0.39 is 33.0 Å². The first-order valence-corrected chi connectivity index (χ1v) is 21.9. The van der Waals surface area contributed by atoms with Gasteiger partial charge < -0.3 is 28.2 Å². The van der Waals surface area contributed by atoms with E-state index in [1.54, 1.807) is 4.57 Å². The van der Waals surface area contributed by atoms with Gasteiger partial charge in [0, 0.05) is 6.42 Å². The Morgan fingerprint density at radius 1 is 1.00 bits per heavy atom. The third kappa shape index (κ3) is 7.12. The largest absolute Gasteiger partial charge is 0.497 e. The molecule has 0 unspecified atom stereocenters. The maximum absolute atomic E-state index is 13.1. The Balaban J connectivity index is 1.66. The number of benzene rings is 1. The molecular formula is C29H47N5O7SSi2. The Bertz CT molecular complexity index is 1580. The number of aromatic nitrogens is 4. The van der Waals surface area contributed by atoms with Crippen molar-refractivity contribution in [2.75, 3.05) is 19.5 Å². The molecule has 3 atom stereocenters. The summed E-state index contributed by atoms with van der Waals surface area (Å²) in [6.45, 7) is 22.5. The zero-order valence-corrected chi connectivity index (χ0v) is 30.5. The molecule has 1 fully saturated rings. The van der Waals surface area contributed by atoms with E-state index in [2.05, 4.69) is 82.7 Å². The number of imidazole rings is 1. The third-order valence-corrected chi connectivity index (χ3v) is 19.3. The second-order valence-corrected chi connectivity index (χ2v) is 25.4. The lowest BCUT2D eigenvalue weighted by Crippen LogP contribution is -2.48. The molecule has 244 valence electrons. The van der Waals surface area contributed by atoms with Crippen LogP contribution in [0.2, 0.25) is 36.3 Å². The van der Waals surface area contributed by atoms with Crippen molar-refractivity contribution in [2.45, 2.75) is 108 Å². The number of nitrogens with two attached hydrogens (primary N) is 1. The van der Waals surface area contributed by atoms with Crippen LogP contribution >= 0.6 is 0 Å². The predicted molar refractivity (Wildman–Crippen MR) is 174 cm³/mol. The second-order valence-electron chi connectivity index (χ2n) is 14.3. The lowest BCUT2D eigenvalue weighted by Gasteiger charge is -2.40. The summed E-state index contributed by atoms with van der Waals surface area (Å²) in [5.41, 5.74) is 6.47. The first-order chi connectivity index (χ1) is 20.1. The van der Waals surface area contributed by atoms with Crippen LogP contribution in [-0.2, 0) is 23.7 Å². The minimum absolute atomic E-state index is 0.000912. The van der Waals surface area contributed by atoms with Crippen LogP contribution in [0, 0.1) is 0 Å². The van der Waals surface area contributed by atoms with E-state index in [0.29, 0.717) is 24.4 Å². The van der Waals surface area contributed by atoms with Gasteiger partial charge in [-0.3, -0.25) is 4.57 Å². The zero-order valence-electron chi connectivity index (χ0n) is 27.7. The van der Waals surface area contributed by atoms with Crippen LogP contribution in [0.15, 0.2) is 35.5 Å². The molecule has 0 radical (unpaired) electrons. The van der Waals surface area contributed by atoms with E-state index in [1.165, 1.54) is 37.7 Å². The van der Waals surface area contributed by atoms with Crippen LogP contribution in [0.5, 0.6) is 11.6 Å². The number of fused-ring (bicyclic) bond motifs is 1. The molecule has 1 aliphatic heterocycles. The molecule has 0 aliphatic carbocycles. The number of hydrogen-bond donors (Lipinski definition) is 1. The molecule has 4 rings (SSSR count). The summed E-state index contributed by atoms with van der Waals surface area (Å²) in [6.07, 6.45) is 0.993. The summed E-state index contributed by atoms with van der Waals surface area (Å²) in [4.78, 5) is 12.8. The first-order valence-electron chi connectivity index (χ1n) is 14.7. The van der Waals surface area contributed by atoms with E-state index >= 15 is 0 Å². The van der Waals surface area contributed by atoms with Gasteiger partial charge in [-0.25, -0.2) is 4.98 Å². The third-order valence-electron chi connectivity index (χ3n) is 9.10. The maximum Gasteiger partial charge on any atom is 0.340 e. The number of methoxy groups -OCH3 is 1. The van der Waals surface area contributed by atoms with Gasteiger partial charge in [-0.15, -0.1) is 0 Å². The number of nitrogen functional groups attached to an aromatic ring is 1. The minimum Gasteiger partial charge on any atom is -0.497 e. The molecule has 12 nitrogen and oxygen atoms in total. The Morgan fingerprint density at radius 3 is 2.18 bits per heavy atom. The van der Waals surface area contributed by atoms with Crippen LogP contribution in [0.1, 0.15) is 54.2 Å². The van der Waals surface area contributed by atoms with Crippen LogP contribution < -0.4 is 14.7 Å². The summed E-state index contributed by atoms with van der Waals surface area (Å²) in [7, 11) is -6.98. The Labute approximate surface area is 263 Å². The van der Waals surface area contributed by atoms with E-state index in [-0.39, 0.29) is 44.5 Å². The molecule has 0 spiro atoms. The SMILES string of the molecule is COc1ccc(S(=O)(=O)Oc2nc(N)nc3c2ncn3[C@H]2C[C@H](O[Si](C)(C)C(C)(C)C)[C@@H](CO[Si](C)(C)C(C)(C)C)O2)cc1. The van der Waals surface area contributed by atoms with Gasteiger partial charge in [0.15, 0.2) is 27.8 Å². The van der Waals surface area contributed by atoms with Crippen molar-refractivity contribution >= 4 is 43.9 Å². The predicted octanol–water partition coefficient (Wildman–Crippen LogP) is 5.88. The van der Waals surface area contributed by atoms with Crippen LogP contribution in [0.25, 0.3) is 11.2 Å². The van der Waals surface area contributed by atoms with Gasteiger partial charge in [0.2, 0.25) is 5.95 Å². The summed E-state index contributed by atoms with van der Waals surface area (Å²) >= 11 is 0. The molecular weight excluding hydrogens is 619 g/mol. The average molecular weight is 666 g/mol. The van der Waals surface area contributed by atoms with Gasteiger partial charge in [-0.2, -0.15) is 18.4 Å². The van der Waals surface area contributed by atoms with Crippen molar-refractivity contribution in [3.8, 4) is 11.6 Å². The molecule has 0 amide bonds. The second kappa shape index (κ2) is 12.0. The van der Waals surface area contributed by atoms with Gasteiger partial charge in [0.05, 0.1) is 26.1 Å². The first kappa shape index (κ1) is 34.3. The van der Waals surface area contributed by atoms with E-state index in [1.807, 2.05) is 0 Å². The van der Waals surface area contributed by atoms with Crippen molar-refractivity contribution in [1.82, 2.24) is 19.5 Å². The number of nitrogens with zero attached hydrogens (tertiary/aromatic N) is 4. The highest BCUT2D eigenvalue weighted by molar-refractivity contribution is 7.87. The summed E-state index contributed by atoms with van der Waals surface area (Å²) in [5.74, 6) is 0.0767. The smallest absolute Gasteiger partial charge is 0.340 e. The molecule has 15 heteroatoms. The van der Waals surface area contributed by atoms with Gasteiger partial charge >= 0.3 is 10.1 Å². The standard InChI is InChI=1S/C29H47N5O7SSi2/c1-28(2,3)43(8,9)38-17-22-21(41-44(10,11)29(4,5)6)16-23(39-22)34-18-31-24-25(34)32-27(30)33-26(24)40-42(35,36)20-14-12-19(37-7)13-15-20/h12-15,18,21-23H,16-17H2,1-11H3,(H2,30,32,33)/t21-,22+,23+/m0/s1. The fourth-order valence-corrected chi connectivity index (χ4v) is 7.54. The monoisotopic (exact) mass is 665 g/mol. The Morgan fingerprint density at radius 2 is 1.61 bits per heavy atom. The van der Waals surface area contributed by atoms with Crippen molar-refractivity contribution in [3.63, 3.8) is 0 Å². The van der Waals surface area contributed by atoms with Gasteiger partial charge in [-0.05, 0) is 60.5 Å². The fraction of sp³-hybridized carbons (Fsp3) is 0.621. The van der Waals surface area contributed by atoms with Crippen molar-refractivity contribution in [1.29, 1.82) is 0 Å². The number of ether oxygens (including phenoxy) is 2. The Hall–Kier alpha value is -2.57. The normalized spacial score (nSPS) is 20.3. The molecule has 2 N–H and O–H groups in total. The van der Waals surface area contributed by atoms with E-state index in [4.69, 9.17) is 28.2 Å². The molecule has 1 aromatic carbocycles. The van der Waals surface area contributed by atoms with Crippen molar-refractivity contribution in [2.24, 2.45) is 0 Å². The quantitative estimate of drug-likeness (QED) is 0.204. The molecule has 1 saturated heterocycles. The number of hydrogen-bond acceptors (Lipinski definition) is 11. The molecule has 0 saturated carbocycles. The van der Waals surface area contributed by atoms with Crippen molar-refractivity contribution in [3.05, 3.63) is 30.6 Å². The van der Waals surface area contributed by atoms with Crippen molar-refractivity contribution < 1.29 is 30.9 Å². The molecule has 3 heterocycles. The van der Waals surface area contributed by atoms with Crippen LogP contribution in [-0.4, -0.2) is 70.5 Å². The molecule has 3 aromatic rings. The maximum atomic E-state index is 13.1. The summed E-state index contributed by atoms with van der Waals surface area (Å²) in [6, 6.07) is 5.82. The molecule has 1 aliphatic rings. The topological polar surface area (TPSA) is 150 Å². The van der Waals surface area contributed by atoms with Gasteiger partial charge in [0.1, 0.15) is 23.0 Å². The highest BCUT2D eigenvalue weighted by Crippen LogP contribution is 2.43. The number of rotatable bonds is 10. The highest BCUT2D eigenvalue weighted by atomic mass is 32.2. The fourth-order valence-electron chi connectivity index (χ4n) is 4.28. The zero-order chi connectivity index (χ0) is 32.9. The molecule has 0 bridgehead atoms. The lowest BCUT2D eigenvalue weighted by atomic mass is 10.2. The lowest BCUT2D eigenvalue weighted by molar-refractivity contribution is -0.0383. The average Bonchev–Trinajstić information content (AvgIpc) is 3.49. The Kier molecular flexibility index (Phi) is 9.34. The number of anilines is 1. The van der Waals surface area contributed by atoms with Gasteiger partial charge in [0.25, 0.3) is 5.88 Å². The summed E-state index contributed by atoms with van der Waals surface area (Å²) in [5, 5.41) is 0.0409. The molecule has 44 heavy (non-hydrogen) atoms. The van der Waals surface area contributed by atoms with Crippen LogP contribution in [0.4, 0.5) is 5.95 Å². The van der Waals surface area contributed by atoms with Crippen LogP contribution in [0.3, 0.4) is 0 Å². The highest BCUT2D eigenvalue weighted by Gasteiger charge is 2.47. The molecule has 2 aromatic heterocycles. The van der Waals surface area contributed by atoms with E-state index in [0.717, 1.165) is 0 Å². The summed E-state index contributed by atoms with van der Waals surface area (Å²) < 4.78 is 58.6. The minimum atomic E-state index is -4.25. The van der Waals surface area contributed by atoms with Gasteiger partial charge in [-0.1, -0.05) is 41.5 Å².